The minimum atomic E-state index is -3.51. The molecule has 3 aromatic rings. The van der Waals surface area contributed by atoms with E-state index >= 15 is 0 Å². The van der Waals surface area contributed by atoms with Gasteiger partial charge in [-0.15, -0.1) is 10.2 Å². The number of nitrogens with one attached hydrogen (secondary N) is 1. The van der Waals surface area contributed by atoms with Gasteiger partial charge >= 0.3 is 0 Å². The summed E-state index contributed by atoms with van der Waals surface area (Å²) in [6.45, 7) is 3.15. The molecule has 2 aromatic carbocycles. The number of anilines is 1. The van der Waals surface area contributed by atoms with Crippen molar-refractivity contribution in [3.05, 3.63) is 54.1 Å². The molecule has 0 atom stereocenters. The van der Waals surface area contributed by atoms with E-state index in [1.807, 2.05) is 42.8 Å². The second-order valence-corrected chi connectivity index (χ2v) is 11.3. The van der Waals surface area contributed by atoms with Crippen molar-refractivity contribution in [3.63, 3.8) is 0 Å². The van der Waals surface area contributed by atoms with E-state index < -0.39 is 10.0 Å². The van der Waals surface area contributed by atoms with Gasteiger partial charge in [-0.25, -0.2) is 8.42 Å². The van der Waals surface area contributed by atoms with Crippen LogP contribution in [0.15, 0.2) is 58.6 Å². The summed E-state index contributed by atoms with van der Waals surface area (Å²) in [7, 11) is -1.63. The molecule has 2 heterocycles. The van der Waals surface area contributed by atoms with Gasteiger partial charge in [0.2, 0.25) is 15.9 Å². The van der Waals surface area contributed by atoms with E-state index in [1.165, 1.54) is 17.3 Å². The highest BCUT2D eigenvalue weighted by Crippen LogP contribution is 2.24. The molecule has 1 aliphatic rings. The Kier molecular flexibility index (Phi) is 7.70. The van der Waals surface area contributed by atoms with Crippen LogP contribution in [0.25, 0.3) is 11.4 Å². The van der Waals surface area contributed by atoms with Gasteiger partial charge in [-0.1, -0.05) is 54.4 Å². The molecule has 0 aliphatic carbocycles. The molecule has 8 nitrogen and oxygen atoms in total. The van der Waals surface area contributed by atoms with E-state index in [2.05, 4.69) is 15.5 Å². The molecule has 4 rings (SSSR count). The predicted octanol–water partition coefficient (Wildman–Crippen LogP) is 4.09. The van der Waals surface area contributed by atoms with Crippen LogP contribution in [0.2, 0.25) is 0 Å². The fraction of sp³-hybridized carbons (Fsp3) is 0.375. The summed E-state index contributed by atoms with van der Waals surface area (Å²) in [5.41, 5.74) is 2.69. The summed E-state index contributed by atoms with van der Waals surface area (Å²) in [5.74, 6) is 0.699. The van der Waals surface area contributed by atoms with Crippen molar-refractivity contribution in [2.75, 3.05) is 24.2 Å². The fourth-order valence-electron chi connectivity index (χ4n) is 3.86. The minimum Gasteiger partial charge on any atom is -0.325 e. The largest absolute Gasteiger partial charge is 0.325 e. The van der Waals surface area contributed by atoms with Crippen LogP contribution in [0.1, 0.15) is 31.2 Å². The van der Waals surface area contributed by atoms with Crippen LogP contribution < -0.4 is 5.32 Å². The SMILES string of the molecule is Cc1ccc(-c2nnc(SCC(=O)Nc3ccc(S(=O)(=O)N4CCCCCC4)cc3)n2C)cc1. The second-order valence-electron chi connectivity index (χ2n) is 8.41. The van der Waals surface area contributed by atoms with Gasteiger partial charge in [0.05, 0.1) is 10.6 Å². The number of carbonyl (C=O) groups is 1. The molecule has 0 saturated carbocycles. The fourth-order valence-corrected chi connectivity index (χ4v) is 6.09. The topological polar surface area (TPSA) is 97.2 Å². The minimum absolute atomic E-state index is 0.160. The number of carbonyl (C=O) groups excluding carboxylic acids is 1. The Balaban J connectivity index is 1.34. The van der Waals surface area contributed by atoms with E-state index in [-0.39, 0.29) is 16.6 Å². The van der Waals surface area contributed by atoms with E-state index in [1.54, 1.807) is 28.6 Å². The van der Waals surface area contributed by atoms with Gasteiger partial charge in [0.25, 0.3) is 0 Å². The molecular formula is C24H29N5O3S2. The monoisotopic (exact) mass is 499 g/mol. The summed E-state index contributed by atoms with van der Waals surface area (Å²) >= 11 is 1.30. The van der Waals surface area contributed by atoms with Crippen molar-refractivity contribution >= 4 is 33.4 Å². The van der Waals surface area contributed by atoms with Crippen LogP contribution in [-0.2, 0) is 21.9 Å². The first-order valence-corrected chi connectivity index (χ1v) is 13.8. The summed E-state index contributed by atoms with van der Waals surface area (Å²) in [4.78, 5) is 12.7. The zero-order chi connectivity index (χ0) is 24.1. The van der Waals surface area contributed by atoms with Crippen molar-refractivity contribution in [1.29, 1.82) is 0 Å². The standard InChI is InChI=1S/C24H29N5O3S2/c1-18-7-9-19(10-8-18)23-26-27-24(28(23)2)33-17-22(30)25-20-11-13-21(14-12-20)34(31,32)29-15-5-3-4-6-16-29/h7-14H,3-6,15-17H2,1-2H3,(H,25,30). The molecule has 1 amide bonds. The highest BCUT2D eigenvalue weighted by atomic mass is 32.2. The van der Waals surface area contributed by atoms with E-state index in [0.29, 0.717) is 23.9 Å². The molecule has 0 radical (unpaired) electrons. The van der Waals surface area contributed by atoms with E-state index in [0.717, 1.165) is 37.1 Å². The average molecular weight is 500 g/mol. The van der Waals surface area contributed by atoms with Gasteiger partial charge in [-0.05, 0) is 44.0 Å². The number of benzene rings is 2. The molecule has 180 valence electrons. The van der Waals surface area contributed by atoms with Gasteiger partial charge in [0.1, 0.15) is 0 Å². The number of hydrogen-bond donors (Lipinski definition) is 1. The quantitative estimate of drug-likeness (QED) is 0.492. The van der Waals surface area contributed by atoms with Gasteiger partial charge in [-0.2, -0.15) is 4.31 Å². The number of amides is 1. The number of hydrogen-bond acceptors (Lipinski definition) is 6. The molecule has 34 heavy (non-hydrogen) atoms. The van der Waals surface area contributed by atoms with E-state index in [4.69, 9.17) is 0 Å². The number of aryl methyl sites for hydroxylation is 1. The van der Waals surface area contributed by atoms with Gasteiger partial charge < -0.3 is 9.88 Å². The summed E-state index contributed by atoms with van der Waals surface area (Å²) in [6, 6.07) is 14.4. The zero-order valence-corrected chi connectivity index (χ0v) is 21.0. The highest BCUT2D eigenvalue weighted by Gasteiger charge is 2.25. The van der Waals surface area contributed by atoms with E-state index in [9.17, 15) is 13.2 Å². The summed E-state index contributed by atoms with van der Waals surface area (Å²) < 4.78 is 29.2. The van der Waals surface area contributed by atoms with Crippen LogP contribution >= 0.6 is 11.8 Å². The molecule has 1 N–H and O–H groups in total. The highest BCUT2D eigenvalue weighted by molar-refractivity contribution is 7.99. The Labute approximate surface area is 204 Å². The number of rotatable bonds is 7. The maximum atomic E-state index is 12.9. The molecule has 1 aliphatic heterocycles. The molecule has 0 bridgehead atoms. The lowest BCUT2D eigenvalue weighted by Gasteiger charge is -2.20. The smallest absolute Gasteiger partial charge is 0.243 e. The Morgan fingerprint density at radius 3 is 2.26 bits per heavy atom. The number of thioether (sulfide) groups is 1. The molecule has 10 heteroatoms. The molecule has 0 spiro atoms. The number of aromatic nitrogens is 3. The van der Waals surface area contributed by atoms with Crippen molar-refractivity contribution in [1.82, 2.24) is 19.1 Å². The first-order chi connectivity index (χ1) is 16.3. The number of nitrogens with zero attached hydrogens (tertiary/aromatic N) is 4. The maximum absolute atomic E-state index is 12.9. The molecular weight excluding hydrogens is 470 g/mol. The number of sulfonamides is 1. The van der Waals surface area contributed by atoms with Crippen molar-refractivity contribution in [2.24, 2.45) is 7.05 Å². The molecule has 1 fully saturated rings. The Morgan fingerprint density at radius 1 is 0.971 bits per heavy atom. The first kappa shape index (κ1) is 24.4. The lowest BCUT2D eigenvalue weighted by Crippen LogP contribution is -2.31. The summed E-state index contributed by atoms with van der Waals surface area (Å²) in [6.07, 6.45) is 3.92. The van der Waals surface area contributed by atoms with Crippen LogP contribution in [0.4, 0.5) is 5.69 Å². The van der Waals surface area contributed by atoms with Crippen LogP contribution in [-0.4, -0.2) is 52.2 Å². The molecule has 0 unspecified atom stereocenters. The Morgan fingerprint density at radius 2 is 1.62 bits per heavy atom. The Hall–Kier alpha value is -2.69. The average Bonchev–Trinajstić information content (AvgIpc) is 3.01. The third-order valence-electron chi connectivity index (χ3n) is 5.82. The van der Waals surface area contributed by atoms with Crippen LogP contribution in [0.3, 0.4) is 0 Å². The zero-order valence-electron chi connectivity index (χ0n) is 19.4. The van der Waals surface area contributed by atoms with Crippen LogP contribution in [0, 0.1) is 6.92 Å². The lowest BCUT2D eigenvalue weighted by molar-refractivity contribution is -0.113. The predicted molar refractivity (Wildman–Crippen MR) is 134 cm³/mol. The summed E-state index contributed by atoms with van der Waals surface area (Å²) in [5, 5.41) is 11.9. The van der Waals surface area contributed by atoms with Gasteiger partial charge in [0, 0.05) is 31.4 Å². The van der Waals surface area contributed by atoms with Crippen molar-refractivity contribution in [2.45, 2.75) is 42.7 Å². The lowest BCUT2D eigenvalue weighted by atomic mass is 10.1. The second kappa shape index (κ2) is 10.7. The van der Waals surface area contributed by atoms with Gasteiger partial charge in [-0.3, -0.25) is 4.79 Å². The van der Waals surface area contributed by atoms with Crippen LogP contribution in [0.5, 0.6) is 0 Å². The maximum Gasteiger partial charge on any atom is 0.243 e. The molecule has 1 aromatic heterocycles. The first-order valence-electron chi connectivity index (χ1n) is 11.3. The normalized spacial score (nSPS) is 15.1. The van der Waals surface area contributed by atoms with Gasteiger partial charge in [0.15, 0.2) is 11.0 Å². The molecule has 1 saturated heterocycles. The third kappa shape index (κ3) is 5.68. The Bertz CT molecular complexity index is 1230. The van der Waals surface area contributed by atoms with Crippen molar-refractivity contribution < 1.29 is 13.2 Å². The van der Waals surface area contributed by atoms with Crippen molar-refractivity contribution in [3.8, 4) is 11.4 Å². The third-order valence-corrected chi connectivity index (χ3v) is 8.75.